The van der Waals surface area contributed by atoms with Crippen LogP contribution in [0.25, 0.3) is 0 Å². The summed E-state index contributed by atoms with van der Waals surface area (Å²) in [7, 11) is -2.49. The highest BCUT2D eigenvalue weighted by molar-refractivity contribution is 7.92. The van der Waals surface area contributed by atoms with Crippen molar-refractivity contribution >= 4 is 26.9 Å². The summed E-state index contributed by atoms with van der Waals surface area (Å²) in [5.74, 6) is -2.41. The molecule has 25 heavy (non-hydrogen) atoms. The van der Waals surface area contributed by atoms with Gasteiger partial charge in [0.15, 0.2) is 15.4 Å². The Hall–Kier alpha value is -1.68. The summed E-state index contributed by atoms with van der Waals surface area (Å²) >= 11 is 0.852. The zero-order valence-electron chi connectivity index (χ0n) is 13.9. The second-order valence-corrected chi connectivity index (χ2v) is 8.26. The van der Waals surface area contributed by atoms with E-state index in [9.17, 15) is 26.0 Å². The standard InChI is InChI=1S/C15H17F4NO3S2/c1-5-6-10(16)13(15(17,18)19)14(23-3)20-9(2)11-7-8-12(24-11)25(4,21)22/h6-8H,5H2,1-4H3/b10-6-,14-13-,20-9?. The molecule has 0 fully saturated rings. The number of sulfone groups is 1. The van der Waals surface area contributed by atoms with Crippen LogP contribution in [0, 0.1) is 0 Å². The van der Waals surface area contributed by atoms with Crippen molar-refractivity contribution in [2.24, 2.45) is 4.99 Å². The minimum absolute atomic E-state index is 0.0492. The maximum absolute atomic E-state index is 13.9. The minimum Gasteiger partial charge on any atom is -0.480 e. The van der Waals surface area contributed by atoms with E-state index in [2.05, 4.69) is 9.73 Å². The number of aliphatic imine (C=N–C) groups is 1. The molecular weight excluding hydrogens is 382 g/mol. The first-order chi connectivity index (χ1) is 11.4. The molecule has 0 bridgehead atoms. The second kappa shape index (κ2) is 8.13. The van der Waals surface area contributed by atoms with Crippen LogP contribution < -0.4 is 0 Å². The summed E-state index contributed by atoms with van der Waals surface area (Å²) < 4.78 is 81.1. The molecule has 4 nitrogen and oxygen atoms in total. The molecule has 1 heterocycles. The quantitative estimate of drug-likeness (QED) is 0.303. The summed E-state index contributed by atoms with van der Waals surface area (Å²) in [5.41, 5.74) is -1.54. The fourth-order valence-electron chi connectivity index (χ4n) is 1.76. The van der Waals surface area contributed by atoms with E-state index in [-0.39, 0.29) is 16.3 Å². The Labute approximate surface area is 147 Å². The molecule has 1 rings (SSSR count). The molecule has 10 heteroatoms. The summed E-state index contributed by atoms with van der Waals surface area (Å²) in [6.07, 6.45) is -3.14. The highest BCUT2D eigenvalue weighted by Crippen LogP contribution is 2.35. The zero-order valence-corrected chi connectivity index (χ0v) is 15.6. The van der Waals surface area contributed by atoms with Crippen molar-refractivity contribution in [3.05, 3.63) is 40.4 Å². The van der Waals surface area contributed by atoms with Crippen LogP contribution in [0.15, 0.2) is 44.7 Å². The van der Waals surface area contributed by atoms with Gasteiger partial charge in [0.1, 0.15) is 10.0 Å². The maximum atomic E-state index is 13.9. The molecule has 140 valence electrons. The lowest BCUT2D eigenvalue weighted by Crippen LogP contribution is -2.16. The van der Waals surface area contributed by atoms with Gasteiger partial charge in [0.2, 0.25) is 5.88 Å². The molecule has 0 atom stereocenters. The van der Waals surface area contributed by atoms with E-state index in [1.807, 2.05) is 0 Å². The molecule has 0 aromatic carbocycles. The van der Waals surface area contributed by atoms with Crippen molar-refractivity contribution in [2.75, 3.05) is 13.4 Å². The van der Waals surface area contributed by atoms with Crippen molar-refractivity contribution in [1.82, 2.24) is 0 Å². The van der Waals surface area contributed by atoms with Crippen LogP contribution in [-0.2, 0) is 14.6 Å². The number of hydrogen-bond acceptors (Lipinski definition) is 5. The summed E-state index contributed by atoms with van der Waals surface area (Å²) in [4.78, 5) is 4.05. The van der Waals surface area contributed by atoms with E-state index in [0.29, 0.717) is 4.88 Å². The number of ether oxygens (including phenoxy) is 1. The van der Waals surface area contributed by atoms with Gasteiger partial charge in [0.25, 0.3) is 0 Å². The summed E-state index contributed by atoms with van der Waals surface area (Å²) in [6.45, 7) is 2.87. The SMILES string of the molecule is CC/C=C(F)/C(=C(\N=C(C)c1ccc(S(C)(=O)=O)s1)OC)C(F)(F)F. The van der Waals surface area contributed by atoms with E-state index < -0.39 is 33.3 Å². The van der Waals surface area contributed by atoms with E-state index >= 15 is 0 Å². The Morgan fingerprint density at radius 2 is 1.96 bits per heavy atom. The van der Waals surface area contributed by atoms with Crippen molar-refractivity contribution < 1.29 is 30.7 Å². The van der Waals surface area contributed by atoms with Crippen LogP contribution >= 0.6 is 11.3 Å². The first-order valence-corrected chi connectivity index (χ1v) is 9.69. The van der Waals surface area contributed by atoms with Crippen LogP contribution in [0.5, 0.6) is 0 Å². The molecule has 0 spiro atoms. The van der Waals surface area contributed by atoms with Crippen LogP contribution in [0.2, 0.25) is 0 Å². The molecule has 0 unspecified atom stereocenters. The average molecular weight is 399 g/mol. The molecule has 0 amide bonds. The van der Waals surface area contributed by atoms with Gasteiger partial charge in [-0.25, -0.2) is 17.8 Å². The second-order valence-electron chi connectivity index (χ2n) is 4.93. The van der Waals surface area contributed by atoms with Gasteiger partial charge in [0, 0.05) is 11.1 Å². The average Bonchev–Trinajstić information content (AvgIpc) is 2.95. The summed E-state index contributed by atoms with van der Waals surface area (Å²) in [6, 6.07) is 2.74. The lowest BCUT2D eigenvalue weighted by atomic mass is 10.2. The predicted octanol–water partition coefficient (Wildman–Crippen LogP) is 4.64. The molecule has 1 aromatic rings. The number of allylic oxidation sites excluding steroid dienone is 3. The van der Waals surface area contributed by atoms with Gasteiger partial charge < -0.3 is 4.74 Å². The lowest BCUT2D eigenvalue weighted by Gasteiger charge is -2.13. The van der Waals surface area contributed by atoms with Gasteiger partial charge in [-0.3, -0.25) is 0 Å². The van der Waals surface area contributed by atoms with Crippen molar-refractivity contribution in [1.29, 1.82) is 0 Å². The fraction of sp³-hybridized carbons (Fsp3) is 0.400. The third kappa shape index (κ3) is 5.67. The van der Waals surface area contributed by atoms with Gasteiger partial charge >= 0.3 is 6.18 Å². The number of nitrogens with zero attached hydrogens (tertiary/aromatic N) is 1. The molecule has 0 aliphatic rings. The number of methoxy groups -OCH3 is 1. The van der Waals surface area contributed by atoms with Crippen molar-refractivity contribution in [3.8, 4) is 0 Å². The molecule has 0 aliphatic heterocycles. The molecule has 0 saturated heterocycles. The molecule has 0 N–H and O–H groups in total. The monoisotopic (exact) mass is 399 g/mol. The molecule has 0 radical (unpaired) electrons. The first kappa shape index (κ1) is 21.4. The molecule has 0 saturated carbocycles. The van der Waals surface area contributed by atoms with Crippen LogP contribution in [-0.4, -0.2) is 33.7 Å². The largest absolute Gasteiger partial charge is 0.480 e. The highest BCUT2D eigenvalue weighted by Gasteiger charge is 2.40. The molecule has 0 aliphatic carbocycles. The Kier molecular flexibility index (Phi) is 6.95. The number of rotatable bonds is 6. The number of halogens is 4. The Morgan fingerprint density at radius 3 is 2.36 bits per heavy atom. The smallest absolute Gasteiger partial charge is 0.424 e. The Balaban J connectivity index is 3.48. The van der Waals surface area contributed by atoms with E-state index in [1.54, 1.807) is 0 Å². The number of thiophene rings is 1. The van der Waals surface area contributed by atoms with Crippen LogP contribution in [0.1, 0.15) is 25.1 Å². The van der Waals surface area contributed by atoms with E-state index in [1.165, 1.54) is 26.0 Å². The normalized spacial score (nSPS) is 15.2. The Morgan fingerprint density at radius 1 is 1.36 bits per heavy atom. The molecule has 1 aromatic heterocycles. The van der Waals surface area contributed by atoms with Gasteiger partial charge in [-0.1, -0.05) is 6.92 Å². The topological polar surface area (TPSA) is 55.7 Å². The Bertz CT molecular complexity index is 818. The lowest BCUT2D eigenvalue weighted by molar-refractivity contribution is -0.0944. The fourth-order valence-corrected chi connectivity index (χ4v) is 3.64. The first-order valence-electron chi connectivity index (χ1n) is 6.98. The third-order valence-electron chi connectivity index (χ3n) is 2.89. The summed E-state index contributed by atoms with van der Waals surface area (Å²) in [5, 5.41) is 0. The van der Waals surface area contributed by atoms with Gasteiger partial charge in [-0.15, -0.1) is 11.3 Å². The van der Waals surface area contributed by atoms with Crippen LogP contribution in [0.4, 0.5) is 17.6 Å². The number of hydrogen-bond donors (Lipinski definition) is 0. The highest BCUT2D eigenvalue weighted by atomic mass is 32.2. The molecular formula is C15H17F4NO3S2. The predicted molar refractivity (Wildman–Crippen MR) is 89.2 cm³/mol. The van der Waals surface area contributed by atoms with Gasteiger partial charge in [-0.2, -0.15) is 13.2 Å². The van der Waals surface area contributed by atoms with Crippen molar-refractivity contribution in [3.63, 3.8) is 0 Å². The van der Waals surface area contributed by atoms with Gasteiger partial charge in [0.05, 0.1) is 12.8 Å². The maximum Gasteiger partial charge on any atom is 0.424 e. The van der Waals surface area contributed by atoms with E-state index in [0.717, 1.165) is 30.8 Å². The van der Waals surface area contributed by atoms with E-state index in [4.69, 9.17) is 0 Å². The minimum atomic E-state index is -5.00. The number of alkyl halides is 3. The zero-order chi connectivity index (χ0) is 19.4. The van der Waals surface area contributed by atoms with Gasteiger partial charge in [-0.05, 0) is 31.6 Å². The van der Waals surface area contributed by atoms with Crippen molar-refractivity contribution in [2.45, 2.75) is 30.7 Å². The third-order valence-corrected chi connectivity index (χ3v) is 5.90. The van der Waals surface area contributed by atoms with Crippen LogP contribution in [0.3, 0.4) is 0 Å².